The number of nitrogens with one attached hydrogen (secondary N) is 2. The highest BCUT2D eigenvalue weighted by Gasteiger charge is 2.69. The second-order valence-electron chi connectivity index (χ2n) is 17.8. The predicted octanol–water partition coefficient (Wildman–Crippen LogP) is 6.97. The molecule has 9 heteroatoms. The molecular weight excluding hydrogens is 618 g/mol. The molecule has 1 saturated heterocycles. The minimum atomic E-state index is -1.08. The first-order valence-electron chi connectivity index (χ1n) is 18.7. The fourth-order valence-corrected chi connectivity index (χ4v) is 13.3. The molecule has 4 N–H and O–H groups in total. The standard InChI is InChI=1S/C40H55N3O6/c1-36(2)26(24-8-10-25(11-9-24)34(47)48)14-17-37(3)30(36)15-18-39(5)31(37)13-12-27-28-7-6-16-40(28,20-19-38(27,39)4)42-35(49)43-22-21-41-33(46)29(43)23-32(44)45/h8-11,14,27-31H,6-7,12-13,15-23H2,1-5H3,(H,41,46)(H,42,49)(H,44,45)(H,47,48)/t27?,28?,29?,30?,31?,37?,38-,39?,40?/m1/s1. The molecule has 9 nitrogen and oxygen atoms in total. The Morgan fingerprint density at radius 2 is 1.61 bits per heavy atom. The van der Waals surface area contributed by atoms with Crippen LogP contribution in [0.25, 0.3) is 5.57 Å². The van der Waals surface area contributed by atoms with Crippen molar-refractivity contribution in [1.82, 2.24) is 15.5 Å². The molecule has 0 spiro atoms. The average molecular weight is 674 g/mol. The Bertz CT molecular complexity index is 1590. The topological polar surface area (TPSA) is 136 Å². The smallest absolute Gasteiger partial charge is 0.335 e. The zero-order valence-corrected chi connectivity index (χ0v) is 29.9. The summed E-state index contributed by atoms with van der Waals surface area (Å²) in [4.78, 5) is 51.1. The van der Waals surface area contributed by atoms with Gasteiger partial charge < -0.3 is 25.7 Å². The van der Waals surface area contributed by atoms with Gasteiger partial charge in [-0.3, -0.25) is 9.59 Å². The van der Waals surface area contributed by atoms with Crippen molar-refractivity contribution in [2.45, 2.75) is 117 Å². The van der Waals surface area contributed by atoms with Gasteiger partial charge in [-0.1, -0.05) is 59.2 Å². The number of carbonyl (C=O) groups is 4. The summed E-state index contributed by atoms with van der Waals surface area (Å²) in [6, 6.07) is 6.16. The number of benzene rings is 1. The van der Waals surface area contributed by atoms with Gasteiger partial charge in [0.25, 0.3) is 0 Å². The van der Waals surface area contributed by atoms with Gasteiger partial charge in [0.05, 0.1) is 12.0 Å². The van der Waals surface area contributed by atoms with Crippen molar-refractivity contribution >= 4 is 29.5 Å². The number of urea groups is 1. The maximum absolute atomic E-state index is 13.9. The number of nitrogens with zero attached hydrogens (tertiary/aromatic N) is 1. The number of amides is 3. The van der Waals surface area contributed by atoms with E-state index >= 15 is 0 Å². The Morgan fingerprint density at radius 3 is 2.31 bits per heavy atom. The Morgan fingerprint density at radius 1 is 0.878 bits per heavy atom. The first-order chi connectivity index (χ1) is 23.1. The lowest BCUT2D eigenvalue weighted by molar-refractivity contribution is -0.216. The Hall–Kier alpha value is -3.36. The number of aromatic carboxylic acids is 1. The minimum Gasteiger partial charge on any atom is -0.481 e. The largest absolute Gasteiger partial charge is 0.481 e. The van der Waals surface area contributed by atoms with Crippen molar-refractivity contribution < 1.29 is 29.4 Å². The van der Waals surface area contributed by atoms with E-state index in [0.717, 1.165) is 56.9 Å². The van der Waals surface area contributed by atoms with Gasteiger partial charge in [-0.05, 0) is 126 Å². The molecule has 6 aliphatic rings. The third-order valence-corrected chi connectivity index (χ3v) is 15.7. The van der Waals surface area contributed by atoms with E-state index in [2.05, 4.69) is 51.3 Å². The summed E-state index contributed by atoms with van der Waals surface area (Å²) in [5, 5.41) is 25.2. The van der Waals surface area contributed by atoms with Crippen LogP contribution in [0.4, 0.5) is 4.79 Å². The number of hydrogen-bond acceptors (Lipinski definition) is 4. The van der Waals surface area contributed by atoms with Crippen LogP contribution in [-0.2, 0) is 9.59 Å². The van der Waals surface area contributed by atoms with E-state index in [-0.39, 0.29) is 45.6 Å². The number of allylic oxidation sites excluding steroid dienone is 2. The van der Waals surface area contributed by atoms with Crippen molar-refractivity contribution in [3.05, 3.63) is 41.5 Å². The van der Waals surface area contributed by atoms with E-state index in [0.29, 0.717) is 42.3 Å². The minimum absolute atomic E-state index is 0.0435. The molecule has 3 amide bonds. The van der Waals surface area contributed by atoms with Crippen LogP contribution < -0.4 is 10.6 Å². The van der Waals surface area contributed by atoms with Crippen LogP contribution in [0.3, 0.4) is 0 Å². The second kappa shape index (κ2) is 11.6. The van der Waals surface area contributed by atoms with E-state index in [1.807, 2.05) is 12.1 Å². The highest BCUT2D eigenvalue weighted by Crippen LogP contribution is 2.76. The van der Waals surface area contributed by atoms with Gasteiger partial charge in [0, 0.05) is 18.6 Å². The summed E-state index contributed by atoms with van der Waals surface area (Å²) in [7, 11) is 0. The lowest BCUT2D eigenvalue weighted by atomic mass is 9.33. The zero-order chi connectivity index (χ0) is 35.1. The summed E-state index contributed by atoms with van der Waals surface area (Å²) < 4.78 is 0. The van der Waals surface area contributed by atoms with Crippen LogP contribution in [-0.4, -0.2) is 63.7 Å². The van der Waals surface area contributed by atoms with E-state index in [1.54, 1.807) is 12.1 Å². The molecule has 1 aromatic carbocycles. The second-order valence-corrected chi connectivity index (χ2v) is 17.8. The highest BCUT2D eigenvalue weighted by molar-refractivity contribution is 5.91. The lowest BCUT2D eigenvalue weighted by Crippen LogP contribution is -2.69. The number of rotatable bonds is 5. The summed E-state index contributed by atoms with van der Waals surface area (Å²) in [5.74, 6) is -0.392. The SMILES string of the molecule is CC1(C)C(c2ccc(C(=O)O)cc2)=CCC2(C)C1CCC1(C)C2CCC2C3CCCC3(NC(=O)N3CCNC(=O)C3CC(=O)O)CC[C@]21C. The maximum Gasteiger partial charge on any atom is 0.335 e. The van der Waals surface area contributed by atoms with Gasteiger partial charge in [-0.25, -0.2) is 9.59 Å². The number of carbonyl (C=O) groups excluding carboxylic acids is 2. The number of hydrogen-bond donors (Lipinski definition) is 4. The molecule has 1 heterocycles. The van der Waals surface area contributed by atoms with Crippen molar-refractivity contribution in [2.75, 3.05) is 13.1 Å². The molecule has 8 unspecified atom stereocenters. The van der Waals surface area contributed by atoms with Crippen LogP contribution in [0, 0.1) is 45.3 Å². The summed E-state index contributed by atoms with van der Waals surface area (Å²) in [5.41, 5.74) is 2.91. The van der Waals surface area contributed by atoms with Crippen LogP contribution in [0.15, 0.2) is 30.3 Å². The first kappa shape index (κ1) is 34.1. The number of fused-ring (bicyclic) bond motifs is 7. The fourth-order valence-electron chi connectivity index (χ4n) is 13.3. The first-order valence-corrected chi connectivity index (χ1v) is 18.7. The molecule has 0 radical (unpaired) electrons. The van der Waals surface area contributed by atoms with E-state index in [4.69, 9.17) is 0 Å². The molecule has 5 fully saturated rings. The van der Waals surface area contributed by atoms with Gasteiger partial charge in [0.1, 0.15) is 6.04 Å². The molecule has 1 aromatic rings. The van der Waals surface area contributed by atoms with Gasteiger partial charge in [0.15, 0.2) is 0 Å². The van der Waals surface area contributed by atoms with Gasteiger partial charge in [-0.2, -0.15) is 0 Å². The summed E-state index contributed by atoms with van der Waals surface area (Å²) >= 11 is 0. The van der Waals surface area contributed by atoms with Crippen molar-refractivity contribution in [1.29, 1.82) is 0 Å². The fraction of sp³-hybridized carbons (Fsp3) is 0.700. The molecule has 4 saturated carbocycles. The molecule has 5 aliphatic carbocycles. The monoisotopic (exact) mass is 673 g/mol. The highest BCUT2D eigenvalue weighted by atomic mass is 16.4. The third kappa shape index (κ3) is 4.98. The summed E-state index contributed by atoms with van der Waals surface area (Å²) in [6.45, 7) is 13.2. The molecular formula is C40H55N3O6. The summed E-state index contributed by atoms with van der Waals surface area (Å²) in [6.07, 6.45) is 12.9. The van der Waals surface area contributed by atoms with E-state index in [1.165, 1.54) is 23.3 Å². The molecule has 266 valence electrons. The van der Waals surface area contributed by atoms with Crippen molar-refractivity contribution in [2.24, 2.45) is 45.3 Å². The number of aliphatic carboxylic acids is 1. The van der Waals surface area contributed by atoms with Gasteiger partial charge in [0.2, 0.25) is 5.91 Å². The number of carboxylic acid groups (broad SMARTS) is 2. The third-order valence-electron chi connectivity index (χ3n) is 15.7. The quantitative estimate of drug-likeness (QED) is 0.267. The van der Waals surface area contributed by atoms with Crippen molar-refractivity contribution in [3.8, 4) is 0 Å². The molecule has 0 bridgehead atoms. The number of piperazine rings is 1. The van der Waals surface area contributed by atoms with E-state index < -0.39 is 18.0 Å². The van der Waals surface area contributed by atoms with Crippen LogP contribution in [0.2, 0.25) is 0 Å². The lowest BCUT2D eigenvalue weighted by Gasteiger charge is -2.72. The van der Waals surface area contributed by atoms with Crippen LogP contribution >= 0.6 is 0 Å². The Kier molecular flexibility index (Phi) is 8.07. The maximum atomic E-state index is 13.9. The zero-order valence-electron chi connectivity index (χ0n) is 29.9. The van der Waals surface area contributed by atoms with E-state index in [9.17, 15) is 29.4 Å². The van der Waals surface area contributed by atoms with Gasteiger partial charge in [-0.15, -0.1) is 0 Å². The van der Waals surface area contributed by atoms with Crippen LogP contribution in [0.1, 0.15) is 121 Å². The van der Waals surface area contributed by atoms with Crippen molar-refractivity contribution in [3.63, 3.8) is 0 Å². The average Bonchev–Trinajstić information content (AvgIpc) is 3.45. The van der Waals surface area contributed by atoms with Gasteiger partial charge >= 0.3 is 18.0 Å². The number of carboxylic acids is 2. The molecule has 49 heavy (non-hydrogen) atoms. The molecule has 1 aliphatic heterocycles. The Labute approximate surface area is 290 Å². The predicted molar refractivity (Wildman–Crippen MR) is 187 cm³/mol. The molecule has 7 rings (SSSR count). The molecule has 9 atom stereocenters. The Balaban J connectivity index is 1.14. The van der Waals surface area contributed by atoms with Crippen LogP contribution in [0.5, 0.6) is 0 Å². The molecule has 0 aromatic heterocycles. The normalized spacial score (nSPS) is 40.8.